The average molecular weight is 1810 g/mol. The summed E-state index contributed by atoms with van der Waals surface area (Å²) in [4.78, 5) is 46.4. The Hall–Kier alpha value is -17.1. The summed E-state index contributed by atoms with van der Waals surface area (Å²) in [7, 11) is 0. The van der Waals surface area contributed by atoms with Gasteiger partial charge in [-0.1, -0.05) is 402 Å². The lowest BCUT2D eigenvalue weighted by Gasteiger charge is -2.10. The van der Waals surface area contributed by atoms with Crippen molar-refractivity contribution in [3.63, 3.8) is 0 Å². The van der Waals surface area contributed by atoms with Crippen molar-refractivity contribution in [1.29, 1.82) is 0 Å². The third-order valence-corrected chi connectivity index (χ3v) is 26.8. The second-order valence-corrected chi connectivity index (χ2v) is 35.0. The van der Waals surface area contributed by atoms with Gasteiger partial charge in [0.15, 0.2) is 0 Å². The molecule has 0 unspecified atom stereocenters. The molecule has 0 bridgehead atoms. The maximum absolute atomic E-state index is 4.87. The summed E-state index contributed by atoms with van der Waals surface area (Å²) in [5.41, 5.74) is 11.7. The van der Waals surface area contributed by atoms with Gasteiger partial charge in [0.1, 0.15) is 11.6 Å². The van der Waals surface area contributed by atoms with Crippen molar-refractivity contribution in [2.75, 3.05) is 0 Å². The van der Waals surface area contributed by atoms with Gasteiger partial charge in [0.25, 0.3) is 0 Å². The topological polar surface area (TPSA) is 129 Å². The Labute approximate surface area is 814 Å². The molecule has 0 saturated carbocycles. The Morgan fingerprint density at radius 3 is 0.586 bits per heavy atom. The summed E-state index contributed by atoms with van der Waals surface area (Å²) in [6.45, 7) is 14.5. The van der Waals surface area contributed by atoms with Crippen LogP contribution in [0.1, 0.15) is 90.1 Å². The first-order valence-electron chi connectivity index (χ1n) is 47.4. The molecule has 28 rings (SSSR count). The number of rotatable bonds is 4. The van der Waals surface area contributed by atoms with Crippen LogP contribution >= 0.6 is 0 Å². The van der Waals surface area contributed by atoms with Gasteiger partial charge in [0, 0.05) is 131 Å². The lowest BCUT2D eigenvalue weighted by atomic mass is 9.95. The van der Waals surface area contributed by atoms with Gasteiger partial charge in [-0.3, -0.25) is 24.9 Å². The molecule has 0 aliphatic carbocycles. The third-order valence-electron chi connectivity index (χ3n) is 26.8. The predicted octanol–water partition coefficient (Wildman–Crippen LogP) is 35.1. The minimum absolute atomic E-state index is 0. The Morgan fingerprint density at radius 2 is 0.336 bits per heavy atom. The molecule has 0 amide bonds. The fraction of sp³-hybridized carbons (Fsp3) is 0.108. The monoisotopic (exact) mass is 1810 g/mol. The molecule has 0 aliphatic heterocycles. The van der Waals surface area contributed by atoms with Crippen LogP contribution in [0.4, 0.5) is 0 Å². The number of hydrogen-bond donors (Lipinski definition) is 0. The smallest absolute Gasteiger partial charge is 0.128 e. The van der Waals surface area contributed by atoms with E-state index in [1.807, 2.05) is 51.8 Å². The SMILES string of the molecule is C.C.C.CCc1ccc2c3ccccc3c3ccccc3c2n1.CCc1ccc2c3ccccc3c3ccccc3c2n1.CCc1ncc2c3ccccc3c3ccccc3c2n1.CCc1ncc2c3ccccc3c3ccccc3c2n1.Cc1cc2c3ccccc3c3ccccc3c2cn1.Cc1cc2c3ccccc3c3ccccc3c2cn1.Cc1cnc2c3ccccc3c3ccccc3c2n1. The average Bonchev–Trinajstić information content (AvgIpc) is 0.775. The van der Waals surface area contributed by atoms with Crippen LogP contribution < -0.4 is 0 Å². The molecular formula is C130H108N10. The van der Waals surface area contributed by atoms with Crippen LogP contribution in [0.15, 0.2) is 407 Å². The Morgan fingerprint density at radius 1 is 0.143 bits per heavy atom. The quantitative estimate of drug-likeness (QED) is 0.157. The summed E-state index contributed by atoms with van der Waals surface area (Å²) < 4.78 is 0. The maximum Gasteiger partial charge on any atom is 0.128 e. The number of aryl methyl sites for hydroxylation is 7. The van der Waals surface area contributed by atoms with Crippen LogP contribution in [-0.2, 0) is 25.7 Å². The van der Waals surface area contributed by atoms with Crippen molar-refractivity contribution in [3.05, 3.63) is 447 Å². The van der Waals surface area contributed by atoms with Crippen LogP contribution in [0, 0.1) is 20.8 Å². The largest absolute Gasteiger partial charge is 0.261 e. The van der Waals surface area contributed by atoms with E-state index in [9.17, 15) is 0 Å². The summed E-state index contributed by atoms with van der Waals surface area (Å²) >= 11 is 0. The minimum atomic E-state index is 0. The zero-order valence-electron chi connectivity index (χ0n) is 77.5. The minimum Gasteiger partial charge on any atom is -0.261 e. The molecule has 0 spiro atoms. The molecule has 10 nitrogen and oxygen atoms in total. The van der Waals surface area contributed by atoms with Crippen LogP contribution in [-0.4, -0.2) is 49.8 Å². The van der Waals surface area contributed by atoms with E-state index in [0.717, 1.165) is 110 Å². The molecule has 0 saturated heterocycles. The molecule has 7 aromatic heterocycles. The van der Waals surface area contributed by atoms with Crippen molar-refractivity contribution < 1.29 is 0 Å². The number of hydrogen-bond acceptors (Lipinski definition) is 10. The van der Waals surface area contributed by atoms with Gasteiger partial charge < -0.3 is 0 Å². The lowest BCUT2D eigenvalue weighted by Crippen LogP contribution is -1.94. The zero-order valence-corrected chi connectivity index (χ0v) is 77.5. The van der Waals surface area contributed by atoms with Gasteiger partial charge in [-0.2, -0.15) is 0 Å². The lowest BCUT2D eigenvalue weighted by molar-refractivity contribution is 0.963. The van der Waals surface area contributed by atoms with Gasteiger partial charge in [-0.25, -0.2) is 24.9 Å². The van der Waals surface area contributed by atoms with Crippen molar-refractivity contribution in [1.82, 2.24) is 49.8 Å². The fourth-order valence-electron chi connectivity index (χ4n) is 20.2. The highest BCUT2D eigenvalue weighted by Crippen LogP contribution is 2.42. The first kappa shape index (κ1) is 92.0. The molecule has 10 heteroatoms. The Kier molecular flexibility index (Phi) is 26.3. The Bertz CT molecular complexity index is 8380. The highest BCUT2D eigenvalue weighted by Gasteiger charge is 2.18. The maximum atomic E-state index is 4.87. The third kappa shape index (κ3) is 17.0. The van der Waals surface area contributed by atoms with Gasteiger partial charge in [0.2, 0.25) is 0 Å². The number of aromatic nitrogens is 10. The Balaban J connectivity index is 0.000000104. The molecule has 0 aliphatic rings. The van der Waals surface area contributed by atoms with E-state index >= 15 is 0 Å². The van der Waals surface area contributed by atoms with Crippen molar-refractivity contribution in [2.45, 2.75) is 96.4 Å². The summed E-state index contributed by atoms with van der Waals surface area (Å²) in [6.07, 6.45) is 13.4. The first-order chi connectivity index (χ1) is 67.6. The molecule has 678 valence electrons. The normalized spacial score (nSPS) is 11.2. The van der Waals surface area contributed by atoms with Crippen LogP contribution in [0.5, 0.6) is 0 Å². The van der Waals surface area contributed by atoms with E-state index in [0.29, 0.717) is 0 Å². The summed E-state index contributed by atoms with van der Waals surface area (Å²) in [6, 6.07) is 132. The molecule has 0 radical (unpaired) electrons. The number of fused-ring (bicyclic) bond motifs is 42. The predicted molar refractivity (Wildman–Crippen MR) is 603 cm³/mol. The molecule has 7 heterocycles. The number of pyridine rings is 4. The molecule has 0 N–H and O–H groups in total. The highest BCUT2D eigenvalue weighted by atomic mass is 14.9. The van der Waals surface area contributed by atoms with E-state index in [2.05, 4.69) is 429 Å². The van der Waals surface area contributed by atoms with Crippen molar-refractivity contribution >= 4 is 227 Å². The summed E-state index contributed by atoms with van der Waals surface area (Å²) in [5.74, 6) is 1.80. The fourth-order valence-corrected chi connectivity index (χ4v) is 20.2. The van der Waals surface area contributed by atoms with E-state index in [4.69, 9.17) is 24.9 Å². The second kappa shape index (κ2) is 40.1. The van der Waals surface area contributed by atoms with Crippen LogP contribution in [0.2, 0.25) is 0 Å². The number of benzene rings is 21. The van der Waals surface area contributed by atoms with Gasteiger partial charge in [-0.15, -0.1) is 0 Å². The molecule has 0 atom stereocenters. The molecule has 21 aromatic carbocycles. The van der Waals surface area contributed by atoms with Crippen molar-refractivity contribution in [2.24, 2.45) is 0 Å². The summed E-state index contributed by atoms with van der Waals surface area (Å²) in [5, 5.41) is 45.2. The molecule has 0 fully saturated rings. The standard InChI is InChI=1S/2C19H15N.2C18H14N2.2C18H13N.C17H12N2.3CH4/c2*1-2-13-11-12-18-16-9-4-3-7-14(16)15-8-5-6-10-17(15)19(18)20-13;2*1-2-17-19-11-16-14-9-4-3-7-12(14)13-8-5-6-10-15(13)18(16)20-17;2*1-12-10-17-15-8-4-2-6-13(15)14-7-3-5-9-16(14)18(17)11-19-12;1-11-10-18-16-14-8-4-2-6-12(14)13-7-3-5-9-15(13)17(16)19-11;;;/h2*3-12H,2H2,1H3;2*3-11H,2H2,1H3;2*2-11H,1H3;2-10H,1H3;3*1H4. The molecular weight excluding hydrogens is 1700 g/mol. The van der Waals surface area contributed by atoms with E-state index in [1.165, 1.54) is 183 Å². The molecule has 28 aromatic rings. The zero-order chi connectivity index (χ0) is 92.6. The highest BCUT2D eigenvalue weighted by molar-refractivity contribution is 6.31. The van der Waals surface area contributed by atoms with Gasteiger partial charge in [0.05, 0.1) is 38.8 Å². The van der Waals surface area contributed by atoms with Crippen molar-refractivity contribution in [3.8, 4) is 0 Å². The van der Waals surface area contributed by atoms with Crippen LogP contribution in [0.3, 0.4) is 0 Å². The van der Waals surface area contributed by atoms with Crippen LogP contribution in [0.25, 0.3) is 227 Å². The number of nitrogens with zero attached hydrogens (tertiary/aromatic N) is 10. The molecule has 140 heavy (non-hydrogen) atoms. The van der Waals surface area contributed by atoms with E-state index in [-0.39, 0.29) is 22.3 Å². The van der Waals surface area contributed by atoms with Gasteiger partial charge in [-0.05, 0) is 187 Å². The second-order valence-electron chi connectivity index (χ2n) is 35.0. The van der Waals surface area contributed by atoms with E-state index < -0.39 is 0 Å². The first-order valence-corrected chi connectivity index (χ1v) is 47.4. The van der Waals surface area contributed by atoms with Gasteiger partial charge >= 0.3 is 0 Å². The van der Waals surface area contributed by atoms with E-state index in [1.54, 1.807) is 0 Å².